The first-order valence-electron chi connectivity index (χ1n) is 8.55. The van der Waals surface area contributed by atoms with E-state index in [1.54, 1.807) is 12.1 Å². The number of phenols is 1. The van der Waals surface area contributed by atoms with E-state index in [-0.39, 0.29) is 17.8 Å². The minimum Gasteiger partial charge on any atom is -0.508 e. The fraction of sp³-hybridized carbons (Fsp3) is 0.400. The summed E-state index contributed by atoms with van der Waals surface area (Å²) < 4.78 is 0. The predicted octanol–water partition coefficient (Wildman–Crippen LogP) is 4.52. The van der Waals surface area contributed by atoms with Crippen LogP contribution in [0.1, 0.15) is 24.0 Å². The highest BCUT2D eigenvalue weighted by molar-refractivity contribution is 6.31. The lowest BCUT2D eigenvalue weighted by Crippen LogP contribution is -2.42. The van der Waals surface area contributed by atoms with Crippen LogP contribution >= 0.6 is 23.2 Å². The number of nitrogens with zero attached hydrogens (tertiary/aromatic N) is 1. The summed E-state index contributed by atoms with van der Waals surface area (Å²) in [6, 6.07) is 13.0. The van der Waals surface area contributed by atoms with Gasteiger partial charge in [-0.25, -0.2) is 0 Å². The Morgan fingerprint density at radius 2 is 1.72 bits per heavy atom. The molecule has 2 aromatic rings. The molecule has 134 valence electrons. The van der Waals surface area contributed by atoms with Crippen LogP contribution < -0.4 is 0 Å². The van der Waals surface area contributed by atoms with Gasteiger partial charge in [-0.15, -0.1) is 0 Å². The number of rotatable bonds is 5. The zero-order valence-electron chi connectivity index (χ0n) is 14.1. The second-order valence-corrected chi connectivity index (χ2v) is 7.82. The molecule has 0 spiro atoms. The van der Waals surface area contributed by atoms with Gasteiger partial charge in [0.1, 0.15) is 5.75 Å². The Bertz CT molecular complexity index is 727. The van der Waals surface area contributed by atoms with E-state index in [9.17, 15) is 10.2 Å². The fourth-order valence-corrected chi connectivity index (χ4v) is 3.94. The Morgan fingerprint density at radius 1 is 1.00 bits per heavy atom. The van der Waals surface area contributed by atoms with E-state index >= 15 is 0 Å². The SMILES string of the molecule is OCC1(Cc2ccccc2Cl)CCN(Cc2cc(Cl)ccc2O)CC1. The standard InChI is InChI=1S/C20H23Cl2NO2/c21-17-5-6-19(25)16(11-17)13-23-9-7-20(14-24,8-10-23)12-15-3-1-2-4-18(15)22/h1-6,11,24-25H,7-10,12-14H2. The molecule has 1 aliphatic heterocycles. The number of benzene rings is 2. The largest absolute Gasteiger partial charge is 0.508 e. The minimum absolute atomic E-state index is 0.127. The maximum atomic E-state index is 10.0. The van der Waals surface area contributed by atoms with Crippen molar-refractivity contribution in [2.75, 3.05) is 19.7 Å². The van der Waals surface area contributed by atoms with E-state index in [0.717, 1.165) is 48.5 Å². The summed E-state index contributed by atoms with van der Waals surface area (Å²) in [6.45, 7) is 2.57. The smallest absolute Gasteiger partial charge is 0.120 e. The predicted molar refractivity (Wildman–Crippen MR) is 102 cm³/mol. The van der Waals surface area contributed by atoms with Crippen LogP contribution in [0.4, 0.5) is 0 Å². The van der Waals surface area contributed by atoms with Crippen molar-refractivity contribution in [3.63, 3.8) is 0 Å². The number of hydrogen-bond donors (Lipinski definition) is 2. The number of phenolic OH excluding ortho intramolecular Hbond substituents is 1. The molecule has 3 nitrogen and oxygen atoms in total. The van der Waals surface area contributed by atoms with Gasteiger partial charge in [-0.05, 0) is 67.6 Å². The maximum absolute atomic E-state index is 10.0. The molecule has 0 aromatic heterocycles. The number of aliphatic hydroxyl groups excluding tert-OH is 1. The molecule has 1 fully saturated rings. The second kappa shape index (κ2) is 7.96. The number of hydrogen-bond acceptors (Lipinski definition) is 3. The average Bonchev–Trinajstić information content (AvgIpc) is 2.62. The Hall–Kier alpha value is -1.26. The maximum Gasteiger partial charge on any atom is 0.120 e. The number of likely N-dealkylation sites (tertiary alicyclic amines) is 1. The van der Waals surface area contributed by atoms with Crippen LogP contribution in [0.2, 0.25) is 10.0 Å². The fourth-order valence-electron chi connectivity index (χ4n) is 3.54. The van der Waals surface area contributed by atoms with Crippen molar-refractivity contribution in [3.8, 4) is 5.75 Å². The van der Waals surface area contributed by atoms with Crippen LogP contribution in [-0.4, -0.2) is 34.8 Å². The lowest BCUT2D eigenvalue weighted by Gasteiger charge is -2.41. The molecule has 25 heavy (non-hydrogen) atoms. The average molecular weight is 380 g/mol. The van der Waals surface area contributed by atoms with Gasteiger partial charge in [-0.2, -0.15) is 0 Å². The molecule has 1 heterocycles. The molecular formula is C20H23Cl2NO2. The monoisotopic (exact) mass is 379 g/mol. The zero-order valence-corrected chi connectivity index (χ0v) is 15.6. The van der Waals surface area contributed by atoms with Gasteiger partial charge >= 0.3 is 0 Å². The van der Waals surface area contributed by atoms with Crippen molar-refractivity contribution < 1.29 is 10.2 Å². The van der Waals surface area contributed by atoms with Crippen molar-refractivity contribution in [2.45, 2.75) is 25.8 Å². The van der Waals surface area contributed by atoms with Crippen LogP contribution in [0, 0.1) is 5.41 Å². The third-order valence-electron chi connectivity index (χ3n) is 5.21. The van der Waals surface area contributed by atoms with E-state index < -0.39 is 0 Å². The van der Waals surface area contributed by atoms with Crippen LogP contribution in [0.15, 0.2) is 42.5 Å². The van der Waals surface area contributed by atoms with Crippen LogP contribution in [0.5, 0.6) is 5.75 Å². The van der Waals surface area contributed by atoms with Gasteiger partial charge in [-0.3, -0.25) is 4.90 Å². The topological polar surface area (TPSA) is 43.7 Å². The van der Waals surface area contributed by atoms with Gasteiger partial charge in [0.2, 0.25) is 0 Å². The highest BCUT2D eigenvalue weighted by Crippen LogP contribution is 2.37. The molecule has 1 saturated heterocycles. The molecule has 0 unspecified atom stereocenters. The molecular weight excluding hydrogens is 357 g/mol. The van der Waals surface area contributed by atoms with Crippen molar-refractivity contribution in [2.24, 2.45) is 5.41 Å². The number of halogens is 2. The summed E-state index contributed by atoms with van der Waals surface area (Å²) in [5, 5.41) is 21.4. The van der Waals surface area contributed by atoms with E-state index in [1.165, 1.54) is 0 Å². The highest BCUT2D eigenvalue weighted by atomic mass is 35.5. The number of aromatic hydroxyl groups is 1. The highest BCUT2D eigenvalue weighted by Gasteiger charge is 2.34. The molecule has 0 saturated carbocycles. The molecule has 0 bridgehead atoms. The summed E-state index contributed by atoms with van der Waals surface area (Å²) in [6.07, 6.45) is 2.59. The van der Waals surface area contributed by atoms with E-state index in [2.05, 4.69) is 4.90 Å². The minimum atomic E-state index is -0.127. The van der Waals surface area contributed by atoms with Gasteiger partial charge in [0.25, 0.3) is 0 Å². The van der Waals surface area contributed by atoms with Gasteiger partial charge in [0.05, 0.1) is 0 Å². The Balaban J connectivity index is 1.65. The van der Waals surface area contributed by atoms with Gasteiger partial charge < -0.3 is 10.2 Å². The molecule has 1 aliphatic rings. The molecule has 0 amide bonds. The van der Waals surface area contributed by atoms with E-state index in [4.69, 9.17) is 23.2 Å². The second-order valence-electron chi connectivity index (χ2n) is 6.98. The third kappa shape index (κ3) is 4.48. The molecule has 0 atom stereocenters. The van der Waals surface area contributed by atoms with Crippen LogP contribution in [0.25, 0.3) is 0 Å². The Kier molecular flexibility index (Phi) is 5.90. The van der Waals surface area contributed by atoms with Crippen molar-refractivity contribution in [1.29, 1.82) is 0 Å². The van der Waals surface area contributed by atoms with Crippen molar-refractivity contribution >= 4 is 23.2 Å². The van der Waals surface area contributed by atoms with Gasteiger partial charge in [-0.1, -0.05) is 41.4 Å². The summed E-state index contributed by atoms with van der Waals surface area (Å²) >= 11 is 12.3. The molecule has 2 N–H and O–H groups in total. The molecule has 0 aliphatic carbocycles. The normalized spacial score (nSPS) is 17.6. The van der Waals surface area contributed by atoms with Crippen LogP contribution in [0.3, 0.4) is 0 Å². The van der Waals surface area contributed by atoms with E-state index in [1.807, 2.05) is 30.3 Å². The van der Waals surface area contributed by atoms with Gasteiger partial charge in [0, 0.05) is 28.8 Å². The first-order valence-corrected chi connectivity index (χ1v) is 9.31. The van der Waals surface area contributed by atoms with Crippen molar-refractivity contribution in [3.05, 3.63) is 63.6 Å². The zero-order chi connectivity index (χ0) is 17.9. The van der Waals surface area contributed by atoms with Crippen LogP contribution in [-0.2, 0) is 13.0 Å². The van der Waals surface area contributed by atoms with E-state index in [0.29, 0.717) is 11.6 Å². The molecule has 2 aromatic carbocycles. The first-order chi connectivity index (χ1) is 12.0. The summed E-state index contributed by atoms with van der Waals surface area (Å²) in [5.41, 5.74) is 1.81. The lowest BCUT2D eigenvalue weighted by atomic mass is 9.74. The summed E-state index contributed by atoms with van der Waals surface area (Å²) in [7, 11) is 0. The quantitative estimate of drug-likeness (QED) is 0.802. The molecule has 0 radical (unpaired) electrons. The van der Waals surface area contributed by atoms with Gasteiger partial charge in [0.15, 0.2) is 0 Å². The Labute approximate surface area is 158 Å². The third-order valence-corrected chi connectivity index (χ3v) is 5.81. The van der Waals surface area contributed by atoms with Crippen molar-refractivity contribution in [1.82, 2.24) is 4.90 Å². The summed E-state index contributed by atoms with van der Waals surface area (Å²) in [5.74, 6) is 0.277. The summed E-state index contributed by atoms with van der Waals surface area (Å²) in [4.78, 5) is 2.30. The number of aliphatic hydroxyl groups is 1. The lowest BCUT2D eigenvalue weighted by molar-refractivity contribution is 0.0411. The Morgan fingerprint density at radius 3 is 2.40 bits per heavy atom. The number of piperidine rings is 1. The first kappa shape index (κ1) is 18.5. The molecule has 3 rings (SSSR count). The molecule has 5 heteroatoms.